The zero-order valence-electron chi connectivity index (χ0n) is 10.6. The van der Waals surface area contributed by atoms with Gasteiger partial charge in [-0.25, -0.2) is 4.79 Å². The number of hydrogen-bond acceptors (Lipinski definition) is 2. The Hall–Kier alpha value is -1.70. The summed E-state index contributed by atoms with van der Waals surface area (Å²) >= 11 is 0. The highest BCUT2D eigenvalue weighted by Crippen LogP contribution is 2.03. The molecule has 0 aliphatic rings. The van der Waals surface area contributed by atoms with Crippen LogP contribution < -0.4 is 5.32 Å². The predicted octanol–water partition coefficient (Wildman–Crippen LogP) is 1.15. The molecule has 0 aromatic heterocycles. The van der Waals surface area contributed by atoms with Crippen molar-refractivity contribution in [2.75, 3.05) is 13.1 Å². The van der Waals surface area contributed by atoms with Gasteiger partial charge < -0.3 is 15.3 Å². The van der Waals surface area contributed by atoms with Gasteiger partial charge in [0.1, 0.15) is 0 Å². The minimum absolute atomic E-state index is 0.230. The monoisotopic (exact) mass is 240 g/mol. The van der Waals surface area contributed by atoms with E-state index in [4.69, 9.17) is 11.5 Å². The summed E-state index contributed by atoms with van der Waals surface area (Å²) in [5.41, 5.74) is 0. The molecule has 0 rings (SSSR count). The lowest BCUT2D eigenvalue weighted by atomic mass is 10.0. The number of carboxylic acid groups (broad SMARTS) is 1. The maximum Gasteiger partial charge on any atom is 0.318 e. The first-order valence-electron chi connectivity index (χ1n) is 5.65. The molecule has 17 heavy (non-hydrogen) atoms. The van der Waals surface area contributed by atoms with Crippen LogP contribution in [0.15, 0.2) is 0 Å². The summed E-state index contributed by atoms with van der Waals surface area (Å²) in [6, 6.07) is -0.748. The van der Waals surface area contributed by atoms with Crippen LogP contribution in [-0.4, -0.2) is 41.1 Å². The van der Waals surface area contributed by atoms with Crippen molar-refractivity contribution in [2.45, 2.75) is 33.2 Å². The van der Waals surface area contributed by atoms with Gasteiger partial charge in [0.05, 0.1) is 12.5 Å². The highest BCUT2D eigenvalue weighted by molar-refractivity contribution is 5.76. The third kappa shape index (κ3) is 5.25. The Morgan fingerprint density at radius 1 is 1.47 bits per heavy atom. The molecule has 96 valence electrons. The quantitative estimate of drug-likeness (QED) is 0.684. The van der Waals surface area contributed by atoms with Crippen molar-refractivity contribution in [1.82, 2.24) is 10.2 Å². The minimum Gasteiger partial charge on any atom is -0.481 e. The fourth-order valence-electron chi connectivity index (χ4n) is 1.26. The molecule has 5 heteroatoms. The fraction of sp³-hybridized carbons (Fsp3) is 0.667. The van der Waals surface area contributed by atoms with E-state index in [-0.39, 0.29) is 12.6 Å². The van der Waals surface area contributed by atoms with Crippen molar-refractivity contribution in [1.29, 1.82) is 0 Å². The average molecular weight is 240 g/mol. The lowest BCUT2D eigenvalue weighted by molar-refractivity contribution is -0.141. The second-order valence-corrected chi connectivity index (χ2v) is 3.99. The molecule has 0 aromatic carbocycles. The van der Waals surface area contributed by atoms with E-state index in [1.54, 1.807) is 13.8 Å². The number of terminal acetylenes is 1. The van der Waals surface area contributed by atoms with Crippen LogP contribution in [0.3, 0.4) is 0 Å². The van der Waals surface area contributed by atoms with E-state index in [0.717, 1.165) is 6.42 Å². The van der Waals surface area contributed by atoms with Crippen molar-refractivity contribution in [3.05, 3.63) is 0 Å². The average Bonchev–Trinajstić information content (AvgIpc) is 2.27. The Labute approximate surface area is 102 Å². The number of carbonyl (C=O) groups excluding carboxylic acids is 1. The Kier molecular flexibility index (Phi) is 6.80. The molecular weight excluding hydrogens is 220 g/mol. The predicted molar refractivity (Wildman–Crippen MR) is 65.5 cm³/mol. The number of hydrogen-bond donors (Lipinski definition) is 2. The third-order valence-electron chi connectivity index (χ3n) is 2.55. The second-order valence-electron chi connectivity index (χ2n) is 3.99. The van der Waals surface area contributed by atoms with Crippen LogP contribution in [0.2, 0.25) is 0 Å². The van der Waals surface area contributed by atoms with Crippen LogP contribution >= 0.6 is 0 Å². The number of rotatable bonds is 6. The lowest BCUT2D eigenvalue weighted by Gasteiger charge is -2.24. The van der Waals surface area contributed by atoms with E-state index in [9.17, 15) is 9.59 Å². The van der Waals surface area contributed by atoms with Crippen molar-refractivity contribution in [3.8, 4) is 12.3 Å². The van der Waals surface area contributed by atoms with Crippen LogP contribution in [0, 0.1) is 18.3 Å². The largest absolute Gasteiger partial charge is 0.481 e. The van der Waals surface area contributed by atoms with E-state index < -0.39 is 17.9 Å². The maximum atomic E-state index is 11.8. The van der Waals surface area contributed by atoms with Gasteiger partial charge in [0.2, 0.25) is 0 Å². The van der Waals surface area contributed by atoms with Crippen molar-refractivity contribution in [3.63, 3.8) is 0 Å². The van der Waals surface area contributed by atoms with Gasteiger partial charge in [0.15, 0.2) is 0 Å². The second kappa shape index (κ2) is 7.55. The van der Waals surface area contributed by atoms with Crippen molar-refractivity contribution in [2.24, 2.45) is 5.92 Å². The van der Waals surface area contributed by atoms with Crippen molar-refractivity contribution < 1.29 is 14.7 Å². The molecule has 2 unspecified atom stereocenters. The number of carboxylic acids is 1. The third-order valence-corrected chi connectivity index (χ3v) is 2.55. The van der Waals surface area contributed by atoms with Gasteiger partial charge >= 0.3 is 12.0 Å². The topological polar surface area (TPSA) is 69.6 Å². The first-order valence-corrected chi connectivity index (χ1v) is 5.65. The molecule has 0 fully saturated rings. The lowest BCUT2D eigenvalue weighted by Crippen LogP contribution is -2.47. The Bertz CT molecular complexity index is 309. The van der Waals surface area contributed by atoms with Gasteiger partial charge in [0.25, 0.3) is 0 Å². The molecule has 0 spiro atoms. The van der Waals surface area contributed by atoms with Gasteiger partial charge in [0, 0.05) is 12.6 Å². The van der Waals surface area contributed by atoms with E-state index in [1.807, 2.05) is 6.92 Å². The van der Waals surface area contributed by atoms with Gasteiger partial charge in [-0.15, -0.1) is 6.42 Å². The normalized spacial score (nSPS) is 13.3. The number of carbonyl (C=O) groups is 2. The Balaban J connectivity index is 4.39. The molecule has 0 saturated carbocycles. The van der Waals surface area contributed by atoms with Crippen LogP contribution in [0.5, 0.6) is 0 Å². The summed E-state index contributed by atoms with van der Waals surface area (Å²) in [7, 11) is 0. The standard InChI is InChI=1S/C12H20N2O3/c1-5-7-14(8-6-2)12(17)13-10(4)9(3)11(15)16/h1,9-10H,6-8H2,2-4H3,(H,13,17)(H,15,16). The summed E-state index contributed by atoms with van der Waals surface area (Å²) in [6.45, 7) is 5.95. The zero-order valence-corrected chi connectivity index (χ0v) is 10.6. The molecule has 0 aliphatic carbocycles. The number of amides is 2. The summed E-state index contributed by atoms with van der Waals surface area (Å²) in [4.78, 5) is 24.0. The van der Waals surface area contributed by atoms with Gasteiger partial charge in [-0.2, -0.15) is 0 Å². The molecule has 0 radical (unpaired) electrons. The van der Waals surface area contributed by atoms with E-state index in [2.05, 4.69) is 11.2 Å². The summed E-state index contributed by atoms with van der Waals surface area (Å²) in [5, 5.41) is 11.5. The molecule has 0 aliphatic heterocycles. The molecule has 0 heterocycles. The highest BCUT2D eigenvalue weighted by atomic mass is 16.4. The number of urea groups is 1. The Morgan fingerprint density at radius 2 is 2.06 bits per heavy atom. The number of aliphatic carboxylic acids is 1. The van der Waals surface area contributed by atoms with Crippen LogP contribution in [0.1, 0.15) is 27.2 Å². The van der Waals surface area contributed by atoms with Crippen LogP contribution in [0.25, 0.3) is 0 Å². The molecule has 5 nitrogen and oxygen atoms in total. The van der Waals surface area contributed by atoms with E-state index in [1.165, 1.54) is 4.90 Å². The summed E-state index contributed by atoms with van der Waals surface area (Å²) in [6.07, 6.45) is 5.97. The molecular formula is C12H20N2O3. The SMILES string of the molecule is C#CCN(CCC)C(=O)NC(C)C(C)C(=O)O. The molecule has 2 atom stereocenters. The summed E-state index contributed by atoms with van der Waals surface area (Å²) < 4.78 is 0. The highest BCUT2D eigenvalue weighted by Gasteiger charge is 2.22. The van der Waals surface area contributed by atoms with Gasteiger partial charge in [-0.05, 0) is 20.3 Å². The van der Waals surface area contributed by atoms with Crippen LogP contribution in [-0.2, 0) is 4.79 Å². The van der Waals surface area contributed by atoms with Gasteiger partial charge in [-0.1, -0.05) is 12.8 Å². The van der Waals surface area contributed by atoms with Crippen LogP contribution in [0.4, 0.5) is 4.79 Å². The first-order chi connectivity index (χ1) is 7.93. The Morgan fingerprint density at radius 3 is 2.47 bits per heavy atom. The number of nitrogens with one attached hydrogen (secondary N) is 1. The van der Waals surface area contributed by atoms with Gasteiger partial charge in [-0.3, -0.25) is 4.79 Å². The zero-order chi connectivity index (χ0) is 13.4. The number of nitrogens with zero attached hydrogens (tertiary/aromatic N) is 1. The molecule has 0 saturated heterocycles. The van der Waals surface area contributed by atoms with E-state index >= 15 is 0 Å². The first kappa shape index (κ1) is 15.3. The molecule has 0 bridgehead atoms. The smallest absolute Gasteiger partial charge is 0.318 e. The maximum absolute atomic E-state index is 11.8. The molecule has 2 amide bonds. The molecule has 0 aromatic rings. The molecule has 2 N–H and O–H groups in total. The fourth-order valence-corrected chi connectivity index (χ4v) is 1.26. The van der Waals surface area contributed by atoms with Crippen molar-refractivity contribution >= 4 is 12.0 Å². The van der Waals surface area contributed by atoms with E-state index in [0.29, 0.717) is 6.54 Å². The minimum atomic E-state index is -0.934. The summed E-state index contributed by atoms with van der Waals surface area (Å²) in [5.74, 6) is 0.843.